The standard InChI is InChI=1S/C13H10Cl2FNO3S/c1-20-11-6-5-8(16)7-12(11)21(18,19)17-10-4-2-3-9(14)13(10)15/h2-7,17H,1H3. The van der Waals surface area contributed by atoms with Gasteiger partial charge in [0.1, 0.15) is 16.5 Å². The van der Waals surface area contributed by atoms with Gasteiger partial charge in [0.05, 0.1) is 22.8 Å². The lowest BCUT2D eigenvalue weighted by molar-refractivity contribution is 0.401. The Morgan fingerprint density at radius 1 is 1.19 bits per heavy atom. The summed E-state index contributed by atoms with van der Waals surface area (Å²) in [6.45, 7) is 0. The third-order valence-corrected chi connectivity index (χ3v) is 4.82. The van der Waals surface area contributed by atoms with Gasteiger partial charge in [0.25, 0.3) is 10.0 Å². The molecule has 2 aromatic carbocycles. The van der Waals surface area contributed by atoms with Gasteiger partial charge in [-0.25, -0.2) is 12.8 Å². The molecule has 0 spiro atoms. The second-order valence-electron chi connectivity index (χ2n) is 4.00. The van der Waals surface area contributed by atoms with Crippen molar-refractivity contribution in [1.82, 2.24) is 0 Å². The number of benzene rings is 2. The molecule has 2 aromatic rings. The molecule has 0 amide bonds. The van der Waals surface area contributed by atoms with E-state index in [1.807, 2.05) is 0 Å². The van der Waals surface area contributed by atoms with Crippen molar-refractivity contribution in [2.75, 3.05) is 11.8 Å². The number of methoxy groups -OCH3 is 1. The van der Waals surface area contributed by atoms with Crippen LogP contribution in [0.3, 0.4) is 0 Å². The largest absolute Gasteiger partial charge is 0.495 e. The first-order valence-corrected chi connectivity index (χ1v) is 7.89. The molecule has 112 valence electrons. The molecule has 2 rings (SSSR count). The van der Waals surface area contributed by atoms with Crippen LogP contribution in [-0.4, -0.2) is 15.5 Å². The number of halogens is 3. The maximum Gasteiger partial charge on any atom is 0.265 e. The van der Waals surface area contributed by atoms with Crippen molar-refractivity contribution < 1.29 is 17.5 Å². The predicted octanol–water partition coefficient (Wildman–Crippen LogP) is 3.94. The number of anilines is 1. The molecule has 0 aliphatic heterocycles. The molecule has 0 bridgehead atoms. The molecule has 21 heavy (non-hydrogen) atoms. The number of sulfonamides is 1. The fraction of sp³-hybridized carbons (Fsp3) is 0.0769. The van der Waals surface area contributed by atoms with Crippen molar-refractivity contribution in [3.63, 3.8) is 0 Å². The topological polar surface area (TPSA) is 55.4 Å². The van der Waals surface area contributed by atoms with Crippen LogP contribution in [0, 0.1) is 5.82 Å². The van der Waals surface area contributed by atoms with Gasteiger partial charge < -0.3 is 4.74 Å². The molecule has 0 saturated heterocycles. The SMILES string of the molecule is COc1ccc(F)cc1S(=O)(=O)Nc1cccc(Cl)c1Cl. The molecule has 0 aliphatic carbocycles. The molecule has 0 aliphatic rings. The Hall–Kier alpha value is -1.50. The first-order chi connectivity index (χ1) is 9.85. The fourth-order valence-corrected chi connectivity index (χ4v) is 3.30. The summed E-state index contributed by atoms with van der Waals surface area (Å²) in [5.41, 5.74) is 0.0930. The van der Waals surface area contributed by atoms with Crippen LogP contribution >= 0.6 is 23.2 Å². The van der Waals surface area contributed by atoms with Gasteiger partial charge in [-0.05, 0) is 30.3 Å². The van der Waals surface area contributed by atoms with E-state index in [4.69, 9.17) is 27.9 Å². The van der Waals surface area contributed by atoms with E-state index in [9.17, 15) is 12.8 Å². The highest BCUT2D eigenvalue weighted by atomic mass is 35.5. The Morgan fingerprint density at radius 2 is 1.90 bits per heavy atom. The van der Waals surface area contributed by atoms with E-state index >= 15 is 0 Å². The van der Waals surface area contributed by atoms with Gasteiger partial charge in [0, 0.05) is 0 Å². The van der Waals surface area contributed by atoms with Crippen LogP contribution in [-0.2, 0) is 10.0 Å². The van der Waals surface area contributed by atoms with E-state index < -0.39 is 15.8 Å². The van der Waals surface area contributed by atoms with Gasteiger partial charge in [-0.2, -0.15) is 0 Å². The van der Waals surface area contributed by atoms with Crippen molar-refractivity contribution >= 4 is 38.9 Å². The van der Waals surface area contributed by atoms with Crippen LogP contribution in [0.5, 0.6) is 5.75 Å². The summed E-state index contributed by atoms with van der Waals surface area (Å²) in [7, 11) is -2.79. The summed E-state index contributed by atoms with van der Waals surface area (Å²) in [5, 5.41) is 0.251. The zero-order valence-electron chi connectivity index (χ0n) is 10.7. The Labute approximate surface area is 131 Å². The number of ether oxygens (including phenoxy) is 1. The first-order valence-electron chi connectivity index (χ1n) is 5.65. The Morgan fingerprint density at radius 3 is 2.57 bits per heavy atom. The van der Waals surface area contributed by atoms with E-state index in [1.54, 1.807) is 0 Å². The van der Waals surface area contributed by atoms with Crippen molar-refractivity contribution in [3.05, 3.63) is 52.3 Å². The minimum atomic E-state index is -4.08. The minimum absolute atomic E-state index is 0.0158. The van der Waals surface area contributed by atoms with Crippen LogP contribution < -0.4 is 9.46 Å². The van der Waals surface area contributed by atoms with Gasteiger partial charge in [-0.15, -0.1) is 0 Å². The Balaban J connectivity index is 2.48. The maximum absolute atomic E-state index is 13.3. The summed E-state index contributed by atoms with van der Waals surface area (Å²) in [4.78, 5) is -0.332. The van der Waals surface area contributed by atoms with Crippen molar-refractivity contribution in [2.45, 2.75) is 4.90 Å². The molecule has 8 heteroatoms. The smallest absolute Gasteiger partial charge is 0.265 e. The summed E-state index contributed by atoms with van der Waals surface area (Å²) >= 11 is 11.7. The van der Waals surface area contributed by atoms with Crippen LogP contribution in [0.25, 0.3) is 0 Å². The summed E-state index contributed by atoms with van der Waals surface area (Å²) in [6.07, 6.45) is 0. The van der Waals surface area contributed by atoms with Gasteiger partial charge >= 0.3 is 0 Å². The monoisotopic (exact) mass is 349 g/mol. The highest BCUT2D eigenvalue weighted by molar-refractivity contribution is 7.92. The lowest BCUT2D eigenvalue weighted by atomic mass is 10.3. The highest BCUT2D eigenvalue weighted by Gasteiger charge is 2.22. The van der Waals surface area contributed by atoms with Crippen molar-refractivity contribution in [2.24, 2.45) is 0 Å². The molecular weight excluding hydrogens is 340 g/mol. The molecule has 0 atom stereocenters. The summed E-state index contributed by atoms with van der Waals surface area (Å²) in [5.74, 6) is -0.685. The molecule has 0 radical (unpaired) electrons. The molecule has 0 unspecified atom stereocenters. The normalized spacial score (nSPS) is 11.2. The lowest BCUT2D eigenvalue weighted by Crippen LogP contribution is -2.14. The minimum Gasteiger partial charge on any atom is -0.495 e. The predicted molar refractivity (Wildman–Crippen MR) is 80.2 cm³/mol. The van der Waals surface area contributed by atoms with Crippen LogP contribution in [0.1, 0.15) is 0 Å². The molecular formula is C13H10Cl2FNO3S. The third-order valence-electron chi connectivity index (χ3n) is 2.61. The number of rotatable bonds is 4. The van der Waals surface area contributed by atoms with Crippen molar-refractivity contribution in [3.8, 4) is 5.75 Å². The van der Waals surface area contributed by atoms with Crippen molar-refractivity contribution in [1.29, 1.82) is 0 Å². The summed E-state index contributed by atoms with van der Waals surface area (Å²) in [6, 6.07) is 7.68. The van der Waals surface area contributed by atoms with Crippen LogP contribution in [0.2, 0.25) is 10.0 Å². The molecule has 0 saturated carbocycles. The number of nitrogens with one attached hydrogen (secondary N) is 1. The molecule has 4 nitrogen and oxygen atoms in total. The van der Waals surface area contributed by atoms with E-state index in [0.717, 1.165) is 12.1 Å². The van der Waals surface area contributed by atoms with Gasteiger partial charge in [-0.1, -0.05) is 29.3 Å². The van der Waals surface area contributed by atoms with E-state index in [1.165, 1.54) is 31.4 Å². The van der Waals surface area contributed by atoms with E-state index in [-0.39, 0.29) is 26.4 Å². The number of hydrogen-bond donors (Lipinski definition) is 1. The average molecular weight is 350 g/mol. The molecule has 0 fully saturated rings. The zero-order chi connectivity index (χ0) is 15.6. The van der Waals surface area contributed by atoms with Crippen LogP contribution in [0.4, 0.5) is 10.1 Å². The van der Waals surface area contributed by atoms with Gasteiger partial charge in [0.15, 0.2) is 0 Å². The van der Waals surface area contributed by atoms with E-state index in [0.29, 0.717) is 0 Å². The molecule has 0 heterocycles. The Kier molecular flexibility index (Phi) is 4.61. The second kappa shape index (κ2) is 6.09. The maximum atomic E-state index is 13.3. The van der Waals surface area contributed by atoms with E-state index in [2.05, 4.69) is 4.72 Å². The quantitative estimate of drug-likeness (QED) is 0.909. The average Bonchev–Trinajstić information content (AvgIpc) is 2.44. The van der Waals surface area contributed by atoms with Crippen LogP contribution in [0.15, 0.2) is 41.3 Å². The number of hydrogen-bond acceptors (Lipinski definition) is 3. The van der Waals surface area contributed by atoms with Gasteiger partial charge in [-0.3, -0.25) is 4.72 Å². The second-order valence-corrected chi connectivity index (χ2v) is 6.44. The fourth-order valence-electron chi connectivity index (χ4n) is 1.64. The Bertz CT molecular complexity index is 781. The third kappa shape index (κ3) is 3.40. The first kappa shape index (κ1) is 15.9. The zero-order valence-corrected chi connectivity index (χ0v) is 13.1. The molecule has 0 aromatic heterocycles. The summed E-state index contributed by atoms with van der Waals surface area (Å²) < 4.78 is 45.2. The molecule has 1 N–H and O–H groups in total. The lowest BCUT2D eigenvalue weighted by Gasteiger charge is -2.13. The van der Waals surface area contributed by atoms with Gasteiger partial charge in [0.2, 0.25) is 0 Å². The highest BCUT2D eigenvalue weighted by Crippen LogP contribution is 2.32.